The van der Waals surface area contributed by atoms with Crippen molar-refractivity contribution in [2.75, 3.05) is 14.2 Å². The minimum atomic E-state index is -0.0222. The average molecular weight is 288 g/mol. The van der Waals surface area contributed by atoms with E-state index >= 15 is 0 Å². The summed E-state index contributed by atoms with van der Waals surface area (Å²) in [5, 5.41) is 0. The molecule has 2 N–H and O–H groups in total. The molecule has 0 aromatic heterocycles. The van der Waals surface area contributed by atoms with Crippen LogP contribution < -0.4 is 15.2 Å². The molecule has 90 valence electrons. The highest BCUT2D eigenvalue weighted by molar-refractivity contribution is 9.10. The Labute approximate surface area is 105 Å². The third kappa shape index (κ3) is 2.33. The van der Waals surface area contributed by atoms with Crippen LogP contribution in [-0.2, 0) is 6.42 Å². The molecule has 0 radical (unpaired) electrons. The summed E-state index contributed by atoms with van der Waals surface area (Å²) in [7, 11) is 3.28. The van der Waals surface area contributed by atoms with Gasteiger partial charge in [0.25, 0.3) is 0 Å². The second-order valence-corrected chi connectivity index (χ2v) is 4.49. The minimum Gasteiger partial charge on any atom is -0.493 e. The predicted molar refractivity (Wildman–Crippen MR) is 69.2 cm³/mol. The largest absolute Gasteiger partial charge is 0.493 e. The van der Waals surface area contributed by atoms with Crippen molar-refractivity contribution >= 4 is 15.9 Å². The Morgan fingerprint density at radius 3 is 2.25 bits per heavy atom. The molecule has 16 heavy (non-hydrogen) atoms. The SMILES string of the molecule is CCc1c(C(C)N)cc(Br)c(OC)c1OC. The van der Waals surface area contributed by atoms with Gasteiger partial charge in [0, 0.05) is 11.6 Å². The fraction of sp³-hybridized carbons (Fsp3) is 0.500. The van der Waals surface area contributed by atoms with Crippen LogP contribution >= 0.6 is 15.9 Å². The van der Waals surface area contributed by atoms with Gasteiger partial charge in [-0.3, -0.25) is 0 Å². The van der Waals surface area contributed by atoms with Gasteiger partial charge in [-0.15, -0.1) is 0 Å². The normalized spacial score (nSPS) is 12.4. The standard InChI is InChI=1S/C12H18BrNO2/c1-5-8-9(7(2)14)6-10(13)12(16-4)11(8)15-3/h6-7H,5,14H2,1-4H3. The highest BCUT2D eigenvalue weighted by Gasteiger charge is 2.18. The van der Waals surface area contributed by atoms with Crippen molar-refractivity contribution in [3.63, 3.8) is 0 Å². The van der Waals surface area contributed by atoms with Crippen LogP contribution in [0.2, 0.25) is 0 Å². The summed E-state index contributed by atoms with van der Waals surface area (Å²) in [5.74, 6) is 1.50. The third-order valence-electron chi connectivity index (χ3n) is 2.58. The molecule has 0 fully saturated rings. The van der Waals surface area contributed by atoms with E-state index in [1.165, 1.54) is 0 Å². The molecule has 0 aliphatic rings. The lowest BCUT2D eigenvalue weighted by Crippen LogP contribution is -2.10. The molecule has 1 aromatic carbocycles. The summed E-state index contributed by atoms with van der Waals surface area (Å²) >= 11 is 3.47. The zero-order valence-electron chi connectivity index (χ0n) is 10.1. The van der Waals surface area contributed by atoms with Crippen LogP contribution in [0.5, 0.6) is 11.5 Å². The van der Waals surface area contributed by atoms with E-state index in [1.807, 2.05) is 13.0 Å². The van der Waals surface area contributed by atoms with Gasteiger partial charge in [0.1, 0.15) is 0 Å². The number of hydrogen-bond acceptors (Lipinski definition) is 3. The summed E-state index contributed by atoms with van der Waals surface area (Å²) in [6, 6.07) is 1.98. The molecule has 0 amide bonds. The van der Waals surface area contributed by atoms with Crippen molar-refractivity contribution < 1.29 is 9.47 Å². The van der Waals surface area contributed by atoms with E-state index in [1.54, 1.807) is 14.2 Å². The highest BCUT2D eigenvalue weighted by Crippen LogP contribution is 2.41. The molecular weight excluding hydrogens is 270 g/mol. The molecule has 0 saturated carbocycles. The van der Waals surface area contributed by atoms with Crippen molar-refractivity contribution in [3.05, 3.63) is 21.7 Å². The molecule has 3 nitrogen and oxygen atoms in total. The Bertz CT molecular complexity index is 378. The lowest BCUT2D eigenvalue weighted by molar-refractivity contribution is 0.349. The van der Waals surface area contributed by atoms with Crippen LogP contribution in [0.15, 0.2) is 10.5 Å². The van der Waals surface area contributed by atoms with Crippen LogP contribution in [0.25, 0.3) is 0 Å². The maximum Gasteiger partial charge on any atom is 0.175 e. The first-order chi connectivity index (χ1) is 7.56. The molecule has 0 aliphatic heterocycles. The average Bonchev–Trinajstić information content (AvgIpc) is 2.27. The number of methoxy groups -OCH3 is 2. The Morgan fingerprint density at radius 2 is 1.88 bits per heavy atom. The van der Waals surface area contributed by atoms with E-state index in [-0.39, 0.29) is 6.04 Å². The first-order valence-electron chi connectivity index (χ1n) is 5.25. The summed E-state index contributed by atoms with van der Waals surface area (Å²) in [4.78, 5) is 0. The minimum absolute atomic E-state index is 0.0222. The van der Waals surface area contributed by atoms with Gasteiger partial charge in [-0.25, -0.2) is 0 Å². The third-order valence-corrected chi connectivity index (χ3v) is 3.17. The van der Waals surface area contributed by atoms with Crippen molar-refractivity contribution in [2.24, 2.45) is 5.73 Å². The fourth-order valence-corrected chi connectivity index (χ4v) is 2.43. The van der Waals surface area contributed by atoms with Crippen LogP contribution in [0.1, 0.15) is 31.0 Å². The lowest BCUT2D eigenvalue weighted by Gasteiger charge is -2.19. The van der Waals surface area contributed by atoms with Crippen LogP contribution in [0, 0.1) is 0 Å². The Balaban J connectivity index is 3.50. The number of rotatable bonds is 4. The molecule has 0 saturated heterocycles. The number of halogens is 1. The van der Waals surface area contributed by atoms with E-state index in [0.717, 1.165) is 33.5 Å². The Hall–Kier alpha value is -0.740. The van der Waals surface area contributed by atoms with Gasteiger partial charge in [-0.05, 0) is 40.9 Å². The molecule has 4 heteroatoms. The molecular formula is C12H18BrNO2. The summed E-state index contributed by atoms with van der Waals surface area (Å²) in [6.07, 6.45) is 0.865. The second-order valence-electron chi connectivity index (χ2n) is 3.63. The fourth-order valence-electron chi connectivity index (χ4n) is 1.84. The molecule has 1 unspecified atom stereocenters. The topological polar surface area (TPSA) is 44.5 Å². The van der Waals surface area contributed by atoms with Crippen molar-refractivity contribution in [2.45, 2.75) is 26.3 Å². The highest BCUT2D eigenvalue weighted by atomic mass is 79.9. The molecule has 1 rings (SSSR count). The first-order valence-corrected chi connectivity index (χ1v) is 6.04. The van der Waals surface area contributed by atoms with Crippen LogP contribution in [-0.4, -0.2) is 14.2 Å². The molecule has 0 heterocycles. The number of benzene rings is 1. The van der Waals surface area contributed by atoms with Crippen LogP contribution in [0.4, 0.5) is 0 Å². The number of ether oxygens (including phenoxy) is 2. The monoisotopic (exact) mass is 287 g/mol. The predicted octanol–water partition coefficient (Wildman–Crippen LogP) is 3.05. The molecule has 0 bridgehead atoms. The lowest BCUT2D eigenvalue weighted by atomic mass is 9.98. The Morgan fingerprint density at radius 1 is 1.31 bits per heavy atom. The van der Waals surface area contributed by atoms with Gasteiger partial charge in [0.05, 0.1) is 18.7 Å². The summed E-state index contributed by atoms with van der Waals surface area (Å²) in [6.45, 7) is 4.05. The van der Waals surface area contributed by atoms with Crippen molar-refractivity contribution in [3.8, 4) is 11.5 Å². The molecule has 1 atom stereocenters. The van der Waals surface area contributed by atoms with Crippen molar-refractivity contribution in [1.29, 1.82) is 0 Å². The zero-order valence-corrected chi connectivity index (χ0v) is 11.7. The summed E-state index contributed by atoms with van der Waals surface area (Å²) in [5.41, 5.74) is 8.16. The maximum absolute atomic E-state index is 5.96. The second kappa shape index (κ2) is 5.55. The van der Waals surface area contributed by atoms with Gasteiger partial charge < -0.3 is 15.2 Å². The smallest absolute Gasteiger partial charge is 0.175 e. The Kier molecular flexibility index (Phi) is 4.62. The summed E-state index contributed by atoms with van der Waals surface area (Å²) < 4.78 is 11.6. The first kappa shape index (κ1) is 13.3. The molecule has 1 aromatic rings. The van der Waals surface area contributed by atoms with E-state index in [9.17, 15) is 0 Å². The van der Waals surface area contributed by atoms with Gasteiger partial charge in [0.2, 0.25) is 0 Å². The number of hydrogen-bond donors (Lipinski definition) is 1. The van der Waals surface area contributed by atoms with E-state index in [2.05, 4.69) is 22.9 Å². The van der Waals surface area contributed by atoms with E-state index in [0.29, 0.717) is 0 Å². The number of nitrogens with two attached hydrogens (primary N) is 1. The maximum atomic E-state index is 5.96. The van der Waals surface area contributed by atoms with Crippen LogP contribution in [0.3, 0.4) is 0 Å². The van der Waals surface area contributed by atoms with Gasteiger partial charge in [-0.1, -0.05) is 6.92 Å². The van der Waals surface area contributed by atoms with E-state index < -0.39 is 0 Å². The molecule has 0 spiro atoms. The van der Waals surface area contributed by atoms with E-state index in [4.69, 9.17) is 15.2 Å². The quantitative estimate of drug-likeness (QED) is 0.926. The van der Waals surface area contributed by atoms with Gasteiger partial charge >= 0.3 is 0 Å². The van der Waals surface area contributed by atoms with Gasteiger partial charge in [0.15, 0.2) is 11.5 Å². The molecule has 0 aliphatic carbocycles. The van der Waals surface area contributed by atoms with Crippen molar-refractivity contribution in [1.82, 2.24) is 0 Å². The van der Waals surface area contributed by atoms with Gasteiger partial charge in [-0.2, -0.15) is 0 Å². The zero-order chi connectivity index (χ0) is 12.3.